The van der Waals surface area contributed by atoms with Gasteiger partial charge >= 0.3 is 6.09 Å². The van der Waals surface area contributed by atoms with Crippen LogP contribution in [0.4, 0.5) is 16.4 Å². The molecule has 0 spiro atoms. The Labute approximate surface area is 269 Å². The second kappa shape index (κ2) is 14.8. The van der Waals surface area contributed by atoms with Crippen LogP contribution in [0.3, 0.4) is 0 Å². The zero-order valence-corrected chi connectivity index (χ0v) is 25.9. The summed E-state index contributed by atoms with van der Waals surface area (Å²) in [6.45, 7) is 5.54. The molecule has 1 aliphatic rings. The van der Waals surface area contributed by atoms with E-state index >= 15 is 0 Å². The number of anilines is 2. The Bertz CT molecular complexity index is 1780. The van der Waals surface area contributed by atoms with E-state index in [1.54, 1.807) is 0 Å². The lowest BCUT2D eigenvalue weighted by molar-refractivity contribution is 0.0757. The number of carbonyl (C=O) groups is 3. The fraction of sp³-hybridized carbons (Fsp3) is 0.290. The molecule has 46 heavy (non-hydrogen) atoms. The van der Waals surface area contributed by atoms with Crippen LogP contribution in [0.1, 0.15) is 26.3 Å². The Hall–Kier alpha value is -5.05. The summed E-state index contributed by atoms with van der Waals surface area (Å²) in [5, 5.41) is 16.7. The molecular weight excluding hydrogens is 614 g/mol. The van der Waals surface area contributed by atoms with Crippen molar-refractivity contribution in [3.63, 3.8) is 0 Å². The summed E-state index contributed by atoms with van der Waals surface area (Å²) in [7, 11) is 2.11. The van der Waals surface area contributed by atoms with Crippen molar-refractivity contribution in [3.8, 4) is 0 Å². The molecule has 14 nitrogen and oxygen atoms in total. The van der Waals surface area contributed by atoms with Gasteiger partial charge in [-0.1, -0.05) is 41.9 Å². The SMILES string of the molecule is CN1CCN(CCNc2ncc3cc(C(=O)Nc4cc(C(=O)NN(CCc5ccccc5)C(=O)O)ccc4Cl)c(=O)[nH]c3n2)CC1. The fourth-order valence-electron chi connectivity index (χ4n) is 4.87. The molecule has 1 aliphatic heterocycles. The molecule has 0 aliphatic carbocycles. The number of rotatable bonds is 10. The molecule has 4 aromatic rings. The van der Waals surface area contributed by atoms with Crippen LogP contribution < -0.4 is 21.6 Å². The van der Waals surface area contributed by atoms with Crippen LogP contribution in [-0.2, 0) is 6.42 Å². The van der Waals surface area contributed by atoms with E-state index in [1.165, 1.54) is 30.5 Å². The lowest BCUT2D eigenvalue weighted by atomic mass is 10.1. The third kappa shape index (κ3) is 8.35. The van der Waals surface area contributed by atoms with E-state index in [-0.39, 0.29) is 34.0 Å². The van der Waals surface area contributed by atoms with Crippen molar-refractivity contribution in [1.29, 1.82) is 0 Å². The predicted molar refractivity (Wildman–Crippen MR) is 174 cm³/mol. The number of halogens is 1. The molecule has 15 heteroatoms. The fourth-order valence-corrected chi connectivity index (χ4v) is 5.03. The van der Waals surface area contributed by atoms with Gasteiger partial charge in [-0.05, 0) is 43.3 Å². The zero-order valence-electron chi connectivity index (χ0n) is 25.1. The van der Waals surface area contributed by atoms with Gasteiger partial charge in [0.1, 0.15) is 11.2 Å². The molecular formula is C31H34ClN9O5. The van der Waals surface area contributed by atoms with Crippen LogP contribution in [0.15, 0.2) is 65.6 Å². The first kappa shape index (κ1) is 32.3. The van der Waals surface area contributed by atoms with Gasteiger partial charge in [0.15, 0.2) is 0 Å². The van der Waals surface area contributed by atoms with Crippen molar-refractivity contribution in [1.82, 2.24) is 35.2 Å². The van der Waals surface area contributed by atoms with Gasteiger partial charge < -0.3 is 25.6 Å². The highest BCUT2D eigenvalue weighted by molar-refractivity contribution is 6.34. The number of benzene rings is 2. The Morgan fingerprint density at radius 1 is 1.04 bits per heavy atom. The summed E-state index contributed by atoms with van der Waals surface area (Å²) in [6, 6.07) is 14.7. The molecule has 3 amide bonds. The summed E-state index contributed by atoms with van der Waals surface area (Å²) in [4.78, 5) is 66.7. The van der Waals surface area contributed by atoms with Crippen LogP contribution in [0.2, 0.25) is 5.02 Å². The largest absolute Gasteiger partial charge is 0.464 e. The number of aromatic nitrogens is 3. The Balaban J connectivity index is 1.22. The second-order valence-corrected chi connectivity index (χ2v) is 11.2. The number of carboxylic acid groups (broad SMARTS) is 1. The summed E-state index contributed by atoms with van der Waals surface area (Å²) in [6.07, 6.45) is 0.562. The lowest BCUT2D eigenvalue weighted by Crippen LogP contribution is -2.46. The monoisotopic (exact) mass is 647 g/mol. The number of nitrogens with zero attached hydrogens (tertiary/aromatic N) is 5. The molecule has 1 fully saturated rings. The van der Waals surface area contributed by atoms with Crippen molar-refractivity contribution >= 4 is 52.2 Å². The van der Waals surface area contributed by atoms with Gasteiger partial charge in [-0.3, -0.25) is 24.7 Å². The van der Waals surface area contributed by atoms with Gasteiger partial charge in [0.2, 0.25) is 5.95 Å². The van der Waals surface area contributed by atoms with E-state index in [4.69, 9.17) is 11.6 Å². The predicted octanol–water partition coefficient (Wildman–Crippen LogP) is 2.75. The number of hydrazine groups is 1. The number of likely N-dealkylation sites (N-methyl/N-ethyl adjacent to an activating group) is 1. The number of amides is 3. The first-order chi connectivity index (χ1) is 22.2. The molecule has 1 saturated heterocycles. The molecule has 2 aromatic carbocycles. The maximum absolute atomic E-state index is 13.1. The number of hydrogen-bond donors (Lipinski definition) is 5. The van der Waals surface area contributed by atoms with E-state index in [9.17, 15) is 24.3 Å². The third-order valence-corrected chi connectivity index (χ3v) is 7.89. The van der Waals surface area contributed by atoms with Crippen molar-refractivity contribution in [3.05, 3.63) is 92.9 Å². The summed E-state index contributed by atoms with van der Waals surface area (Å²) in [5.41, 5.74) is 2.75. The Morgan fingerprint density at radius 2 is 1.80 bits per heavy atom. The quantitative estimate of drug-likeness (QED) is 0.161. The maximum Gasteiger partial charge on any atom is 0.426 e. The molecule has 0 radical (unpaired) electrons. The molecule has 0 atom stereocenters. The first-order valence-electron chi connectivity index (χ1n) is 14.7. The smallest absolute Gasteiger partial charge is 0.426 e. The average Bonchev–Trinajstić information content (AvgIpc) is 3.04. The highest BCUT2D eigenvalue weighted by atomic mass is 35.5. The second-order valence-electron chi connectivity index (χ2n) is 10.8. The minimum atomic E-state index is -1.33. The number of aromatic amines is 1. The van der Waals surface area contributed by atoms with Gasteiger partial charge in [0.05, 0.1) is 10.7 Å². The maximum atomic E-state index is 13.1. The molecule has 5 rings (SSSR count). The van der Waals surface area contributed by atoms with Crippen molar-refractivity contribution in [2.45, 2.75) is 6.42 Å². The van der Waals surface area contributed by atoms with Gasteiger partial charge in [-0.15, -0.1) is 0 Å². The van der Waals surface area contributed by atoms with Crippen LogP contribution >= 0.6 is 11.6 Å². The third-order valence-electron chi connectivity index (χ3n) is 7.56. The number of H-pyrrole nitrogens is 1. The molecule has 0 saturated carbocycles. The minimum absolute atomic E-state index is 0.0187. The molecule has 5 N–H and O–H groups in total. The number of hydrogen-bond acceptors (Lipinski definition) is 9. The normalized spacial score (nSPS) is 13.7. The lowest BCUT2D eigenvalue weighted by Gasteiger charge is -2.32. The molecule has 3 heterocycles. The van der Waals surface area contributed by atoms with Crippen molar-refractivity contribution in [2.24, 2.45) is 0 Å². The summed E-state index contributed by atoms with van der Waals surface area (Å²) < 4.78 is 0. The van der Waals surface area contributed by atoms with E-state index in [0.29, 0.717) is 24.3 Å². The molecule has 240 valence electrons. The highest BCUT2D eigenvalue weighted by Gasteiger charge is 2.20. The van der Waals surface area contributed by atoms with Crippen LogP contribution in [0.25, 0.3) is 11.0 Å². The Morgan fingerprint density at radius 3 is 2.54 bits per heavy atom. The number of carbonyl (C=O) groups excluding carboxylic acids is 2. The van der Waals surface area contributed by atoms with Crippen LogP contribution in [0.5, 0.6) is 0 Å². The minimum Gasteiger partial charge on any atom is -0.464 e. The topological polar surface area (TPSA) is 176 Å². The van der Waals surface area contributed by atoms with E-state index in [2.05, 4.69) is 47.9 Å². The van der Waals surface area contributed by atoms with E-state index in [1.807, 2.05) is 30.3 Å². The Kier molecular flexibility index (Phi) is 10.4. The number of nitrogens with one attached hydrogen (secondary N) is 4. The van der Waals surface area contributed by atoms with Crippen LogP contribution in [-0.4, -0.2) is 106 Å². The first-order valence-corrected chi connectivity index (χ1v) is 15.0. The van der Waals surface area contributed by atoms with Gasteiger partial charge in [-0.25, -0.2) is 14.8 Å². The highest BCUT2D eigenvalue weighted by Crippen LogP contribution is 2.24. The van der Waals surface area contributed by atoms with E-state index in [0.717, 1.165) is 43.3 Å². The number of fused-ring (bicyclic) bond motifs is 1. The zero-order chi connectivity index (χ0) is 32.6. The molecule has 2 aromatic heterocycles. The van der Waals surface area contributed by atoms with Gasteiger partial charge in [0, 0.05) is 63.0 Å². The van der Waals surface area contributed by atoms with Gasteiger partial charge in [0.25, 0.3) is 17.4 Å². The van der Waals surface area contributed by atoms with Crippen molar-refractivity contribution in [2.75, 3.05) is 63.5 Å². The number of pyridine rings is 1. The molecule has 0 bridgehead atoms. The standard InChI is InChI=1S/C31H34ClN9O5/c1-39-13-15-40(16-14-39)12-10-33-30-34-19-22-17-23(29(44)36-26(22)37-30)28(43)35-25-18-21(7-8-24(25)32)27(42)38-41(31(45)46)11-9-20-5-3-2-4-6-20/h2-8,17-19H,9-16H2,1H3,(H,35,43)(H,38,42)(H,45,46)(H2,33,34,36,37,44). The van der Waals surface area contributed by atoms with Gasteiger partial charge in [-0.2, -0.15) is 4.98 Å². The number of piperazine rings is 1. The summed E-state index contributed by atoms with van der Waals surface area (Å²) >= 11 is 6.29. The van der Waals surface area contributed by atoms with Crippen LogP contribution in [0, 0.1) is 0 Å². The summed E-state index contributed by atoms with van der Waals surface area (Å²) in [5.74, 6) is -1.14. The van der Waals surface area contributed by atoms with E-state index < -0.39 is 23.5 Å². The molecule has 0 unspecified atom stereocenters. The van der Waals surface area contributed by atoms with Crippen molar-refractivity contribution < 1.29 is 19.5 Å². The average molecular weight is 648 g/mol.